The molecule has 0 aliphatic carbocycles. The van der Waals surface area contributed by atoms with Crippen LogP contribution in [0, 0.1) is 5.92 Å². The van der Waals surface area contributed by atoms with E-state index in [4.69, 9.17) is 0 Å². The van der Waals surface area contributed by atoms with Crippen LogP contribution in [-0.2, 0) is 32.6 Å². The zero-order valence-corrected chi connectivity index (χ0v) is 24.2. The lowest BCUT2D eigenvalue weighted by Gasteiger charge is -2.29. The predicted molar refractivity (Wildman–Crippen MR) is 149 cm³/mol. The standard InChI is InChI=1S/C27H38BrN3O4S/c1-6-22-11-15-25(16-12-22)31(36(5,34)35)17-7-8-26(32)30(19-23-9-13-24(28)14-10-23)21(4)27(33)29-18-20(2)3/h9-16,20-21H,6-8,17-19H2,1-5H3,(H,29,33). The number of rotatable bonds is 13. The predicted octanol–water partition coefficient (Wildman–Crippen LogP) is 4.75. The van der Waals surface area contributed by atoms with Gasteiger partial charge in [-0.3, -0.25) is 13.9 Å². The molecular weight excluding hydrogens is 542 g/mol. The van der Waals surface area contributed by atoms with Crippen molar-refractivity contribution in [2.75, 3.05) is 23.7 Å². The van der Waals surface area contributed by atoms with Gasteiger partial charge in [-0.05, 0) is 61.1 Å². The van der Waals surface area contributed by atoms with E-state index in [0.717, 1.165) is 22.0 Å². The van der Waals surface area contributed by atoms with E-state index in [1.54, 1.807) is 24.0 Å². The van der Waals surface area contributed by atoms with E-state index >= 15 is 0 Å². The van der Waals surface area contributed by atoms with Gasteiger partial charge in [0.1, 0.15) is 6.04 Å². The maximum Gasteiger partial charge on any atom is 0.242 e. The number of sulfonamides is 1. The number of benzene rings is 2. The van der Waals surface area contributed by atoms with Crippen molar-refractivity contribution < 1.29 is 18.0 Å². The highest BCUT2D eigenvalue weighted by Gasteiger charge is 2.26. The highest BCUT2D eigenvalue weighted by atomic mass is 79.9. The first-order chi connectivity index (χ1) is 16.9. The SMILES string of the molecule is CCc1ccc(N(CCCC(=O)N(Cc2ccc(Br)cc2)C(C)C(=O)NCC(C)C)S(C)(=O)=O)cc1. The van der Waals surface area contributed by atoms with Crippen molar-refractivity contribution in [1.29, 1.82) is 0 Å². The van der Waals surface area contributed by atoms with Gasteiger partial charge in [-0.1, -0.05) is 61.0 Å². The van der Waals surface area contributed by atoms with Crippen LogP contribution in [-0.4, -0.2) is 50.5 Å². The van der Waals surface area contributed by atoms with Crippen LogP contribution in [0.1, 0.15) is 51.7 Å². The highest BCUT2D eigenvalue weighted by molar-refractivity contribution is 9.10. The van der Waals surface area contributed by atoms with Gasteiger partial charge >= 0.3 is 0 Å². The maximum atomic E-state index is 13.3. The van der Waals surface area contributed by atoms with Gasteiger partial charge in [-0.25, -0.2) is 8.42 Å². The van der Waals surface area contributed by atoms with E-state index in [9.17, 15) is 18.0 Å². The molecule has 9 heteroatoms. The molecule has 2 aromatic rings. The Morgan fingerprint density at radius 3 is 2.08 bits per heavy atom. The molecule has 0 aromatic heterocycles. The number of aryl methyl sites for hydroxylation is 1. The number of hydrogen-bond donors (Lipinski definition) is 1. The van der Waals surface area contributed by atoms with Crippen LogP contribution in [0.4, 0.5) is 5.69 Å². The molecule has 0 bridgehead atoms. The van der Waals surface area contributed by atoms with Gasteiger partial charge in [0.15, 0.2) is 0 Å². The van der Waals surface area contributed by atoms with Gasteiger partial charge in [0.05, 0.1) is 11.9 Å². The van der Waals surface area contributed by atoms with Crippen LogP contribution in [0.5, 0.6) is 0 Å². The minimum Gasteiger partial charge on any atom is -0.354 e. The number of carbonyl (C=O) groups is 2. The Bertz CT molecular complexity index is 1100. The third-order valence-corrected chi connectivity index (χ3v) is 7.63. The first-order valence-corrected chi connectivity index (χ1v) is 14.9. The van der Waals surface area contributed by atoms with Gasteiger partial charge in [-0.15, -0.1) is 0 Å². The number of carbonyl (C=O) groups excluding carboxylic acids is 2. The van der Waals surface area contributed by atoms with Gasteiger partial charge in [0.25, 0.3) is 0 Å². The summed E-state index contributed by atoms with van der Waals surface area (Å²) in [5, 5.41) is 2.91. The van der Waals surface area contributed by atoms with Crippen molar-refractivity contribution in [2.24, 2.45) is 5.92 Å². The smallest absolute Gasteiger partial charge is 0.242 e. The maximum absolute atomic E-state index is 13.3. The Labute approximate surface area is 224 Å². The van der Waals surface area contributed by atoms with Crippen LogP contribution in [0.15, 0.2) is 53.0 Å². The largest absolute Gasteiger partial charge is 0.354 e. The molecule has 1 N–H and O–H groups in total. The average molecular weight is 581 g/mol. The summed E-state index contributed by atoms with van der Waals surface area (Å²) in [6.07, 6.45) is 2.49. The molecule has 1 atom stereocenters. The van der Waals surface area contributed by atoms with Crippen molar-refractivity contribution in [3.8, 4) is 0 Å². The summed E-state index contributed by atoms with van der Waals surface area (Å²) in [7, 11) is -3.51. The van der Waals surface area contributed by atoms with Gasteiger partial charge in [0, 0.05) is 30.5 Å². The fraction of sp³-hybridized carbons (Fsp3) is 0.481. The lowest BCUT2D eigenvalue weighted by Crippen LogP contribution is -2.48. The van der Waals surface area contributed by atoms with Crippen molar-refractivity contribution in [1.82, 2.24) is 10.2 Å². The molecule has 0 aliphatic rings. The number of hydrogen-bond acceptors (Lipinski definition) is 4. The third-order valence-electron chi connectivity index (χ3n) is 5.90. The van der Waals surface area contributed by atoms with Gasteiger partial charge in [0.2, 0.25) is 21.8 Å². The van der Waals surface area contributed by atoms with E-state index < -0.39 is 16.1 Å². The molecule has 0 aliphatic heterocycles. The van der Waals surface area contributed by atoms with E-state index in [-0.39, 0.29) is 31.3 Å². The number of nitrogens with one attached hydrogen (secondary N) is 1. The number of nitrogens with zero attached hydrogens (tertiary/aromatic N) is 2. The quantitative estimate of drug-likeness (QED) is 0.371. The zero-order valence-electron chi connectivity index (χ0n) is 21.8. The fourth-order valence-electron chi connectivity index (χ4n) is 3.72. The summed E-state index contributed by atoms with van der Waals surface area (Å²) in [4.78, 5) is 27.7. The second-order valence-electron chi connectivity index (χ2n) is 9.42. The average Bonchev–Trinajstić information content (AvgIpc) is 2.83. The Morgan fingerprint density at radius 2 is 1.56 bits per heavy atom. The molecule has 0 radical (unpaired) electrons. The van der Waals surface area contributed by atoms with Crippen LogP contribution < -0.4 is 9.62 Å². The summed E-state index contributed by atoms with van der Waals surface area (Å²) in [5.41, 5.74) is 2.61. The van der Waals surface area contributed by atoms with Gasteiger partial charge in [-0.2, -0.15) is 0 Å². The Balaban J connectivity index is 2.14. The highest BCUT2D eigenvalue weighted by Crippen LogP contribution is 2.20. The normalized spacial score (nSPS) is 12.3. The van der Waals surface area contributed by atoms with Crippen molar-refractivity contribution in [3.05, 3.63) is 64.1 Å². The molecule has 0 saturated heterocycles. The number of halogens is 1. The third kappa shape index (κ3) is 9.24. The minimum absolute atomic E-state index is 0.122. The van der Waals surface area contributed by atoms with E-state index in [2.05, 4.69) is 21.2 Å². The van der Waals surface area contributed by atoms with Crippen LogP contribution >= 0.6 is 15.9 Å². The summed E-state index contributed by atoms with van der Waals surface area (Å²) < 4.78 is 27.2. The first kappa shape index (κ1) is 29.8. The summed E-state index contributed by atoms with van der Waals surface area (Å²) in [5.74, 6) is -0.104. The Kier molecular flexibility index (Phi) is 11.4. The van der Waals surface area contributed by atoms with Crippen LogP contribution in [0.3, 0.4) is 0 Å². The van der Waals surface area contributed by atoms with Gasteiger partial charge < -0.3 is 10.2 Å². The summed E-state index contributed by atoms with van der Waals surface area (Å²) in [6.45, 7) is 8.79. The molecule has 2 rings (SSSR count). The molecule has 198 valence electrons. The number of amides is 2. The zero-order chi connectivity index (χ0) is 26.9. The molecule has 0 saturated carbocycles. The Hall–Kier alpha value is -2.39. The summed E-state index contributed by atoms with van der Waals surface area (Å²) >= 11 is 3.42. The second-order valence-corrected chi connectivity index (χ2v) is 12.2. The molecular formula is C27H38BrN3O4S. The van der Waals surface area contributed by atoms with E-state index in [1.165, 1.54) is 10.6 Å². The van der Waals surface area contributed by atoms with E-state index in [1.807, 2.05) is 57.2 Å². The van der Waals surface area contributed by atoms with Crippen molar-refractivity contribution >= 4 is 43.5 Å². The molecule has 0 fully saturated rings. The molecule has 7 nitrogen and oxygen atoms in total. The number of anilines is 1. The molecule has 0 heterocycles. The second kappa shape index (κ2) is 13.8. The minimum atomic E-state index is -3.51. The summed E-state index contributed by atoms with van der Waals surface area (Å²) in [6, 6.07) is 14.4. The van der Waals surface area contributed by atoms with Crippen LogP contribution in [0.25, 0.3) is 0 Å². The van der Waals surface area contributed by atoms with Crippen molar-refractivity contribution in [2.45, 2.75) is 59.5 Å². The lowest BCUT2D eigenvalue weighted by molar-refractivity contribution is -0.140. The molecule has 1 unspecified atom stereocenters. The lowest BCUT2D eigenvalue weighted by atomic mass is 10.1. The molecule has 2 amide bonds. The monoisotopic (exact) mass is 579 g/mol. The molecule has 36 heavy (non-hydrogen) atoms. The van der Waals surface area contributed by atoms with Crippen molar-refractivity contribution in [3.63, 3.8) is 0 Å². The topological polar surface area (TPSA) is 86.8 Å². The fourth-order valence-corrected chi connectivity index (χ4v) is 4.95. The molecule has 2 aromatic carbocycles. The van der Waals surface area contributed by atoms with E-state index in [0.29, 0.717) is 24.6 Å². The Morgan fingerprint density at radius 1 is 0.972 bits per heavy atom. The molecule has 0 spiro atoms. The van der Waals surface area contributed by atoms with Crippen LogP contribution in [0.2, 0.25) is 0 Å². The first-order valence-electron chi connectivity index (χ1n) is 12.3.